The first-order chi connectivity index (χ1) is 8.93. The average molecular weight is 265 g/mol. The molecule has 0 saturated carbocycles. The van der Waals surface area contributed by atoms with E-state index in [0.29, 0.717) is 25.9 Å². The van der Waals surface area contributed by atoms with Gasteiger partial charge < -0.3 is 15.2 Å². The highest BCUT2D eigenvalue weighted by Gasteiger charge is 2.16. The number of benzene rings is 1. The number of ether oxygens (including phenoxy) is 2. The summed E-state index contributed by atoms with van der Waals surface area (Å²) in [4.78, 5) is 11.6. The average Bonchev–Trinajstić information content (AvgIpc) is 2.38. The molecule has 1 aromatic rings. The molecule has 1 rings (SSSR count). The Labute approximate surface area is 114 Å². The number of anilines is 1. The molecule has 0 aliphatic carbocycles. The first kappa shape index (κ1) is 15.5. The molecule has 0 saturated heterocycles. The van der Waals surface area contributed by atoms with Crippen molar-refractivity contribution in [1.29, 1.82) is 0 Å². The lowest BCUT2D eigenvalue weighted by molar-refractivity contribution is -0.145. The fourth-order valence-corrected chi connectivity index (χ4v) is 1.52. The first-order valence-electron chi connectivity index (χ1n) is 6.48. The summed E-state index contributed by atoms with van der Waals surface area (Å²) in [6.45, 7) is 4.33. The van der Waals surface area contributed by atoms with E-state index in [1.54, 1.807) is 7.11 Å². The van der Waals surface area contributed by atoms with E-state index < -0.39 is 0 Å². The van der Waals surface area contributed by atoms with Gasteiger partial charge in [0, 0.05) is 25.6 Å². The molecule has 0 aromatic heterocycles. The Bertz CT molecular complexity index is 398. The van der Waals surface area contributed by atoms with Gasteiger partial charge in [0.1, 0.15) is 0 Å². The summed E-state index contributed by atoms with van der Waals surface area (Å²) in [5.74, 6) is -0.177. The zero-order valence-electron chi connectivity index (χ0n) is 11.9. The Kier molecular flexibility index (Phi) is 5.83. The van der Waals surface area contributed by atoms with Crippen molar-refractivity contribution < 1.29 is 14.3 Å². The van der Waals surface area contributed by atoms with Crippen LogP contribution < -0.4 is 5.73 Å². The van der Waals surface area contributed by atoms with Gasteiger partial charge in [-0.05, 0) is 38.0 Å². The minimum Gasteiger partial charge on any atom is -0.466 e. The Hall–Kier alpha value is -1.55. The van der Waals surface area contributed by atoms with E-state index in [1.165, 1.54) is 0 Å². The predicted molar refractivity (Wildman–Crippen MR) is 75.8 cm³/mol. The summed E-state index contributed by atoms with van der Waals surface area (Å²) >= 11 is 0. The van der Waals surface area contributed by atoms with Crippen LogP contribution in [-0.2, 0) is 20.7 Å². The Morgan fingerprint density at radius 3 is 2.47 bits per heavy atom. The van der Waals surface area contributed by atoms with Gasteiger partial charge in [-0.25, -0.2) is 0 Å². The topological polar surface area (TPSA) is 61.5 Å². The highest BCUT2D eigenvalue weighted by molar-refractivity contribution is 5.69. The summed E-state index contributed by atoms with van der Waals surface area (Å²) in [6.07, 6.45) is 1.75. The Morgan fingerprint density at radius 1 is 1.26 bits per heavy atom. The first-order valence-corrected chi connectivity index (χ1v) is 6.48. The van der Waals surface area contributed by atoms with Gasteiger partial charge >= 0.3 is 5.97 Å². The normalized spacial score (nSPS) is 11.3. The third kappa shape index (κ3) is 6.25. The number of esters is 1. The second kappa shape index (κ2) is 7.14. The lowest BCUT2D eigenvalue weighted by Gasteiger charge is -2.22. The minimum absolute atomic E-state index is 0.177. The number of hydrogen-bond acceptors (Lipinski definition) is 4. The maximum atomic E-state index is 11.6. The number of nitrogen functional groups attached to an aromatic ring is 1. The van der Waals surface area contributed by atoms with Crippen molar-refractivity contribution in [3.8, 4) is 0 Å². The molecule has 0 fully saturated rings. The molecule has 4 nitrogen and oxygen atoms in total. The van der Waals surface area contributed by atoms with Crippen LogP contribution in [0.4, 0.5) is 5.69 Å². The number of aryl methyl sites for hydroxylation is 1. The molecule has 1 aromatic carbocycles. The van der Waals surface area contributed by atoms with Crippen LogP contribution >= 0.6 is 0 Å². The number of methoxy groups -OCH3 is 1. The monoisotopic (exact) mass is 265 g/mol. The number of carbonyl (C=O) groups excluding carboxylic acids is 1. The molecule has 0 amide bonds. The van der Waals surface area contributed by atoms with E-state index in [1.807, 2.05) is 38.1 Å². The molecule has 0 radical (unpaired) electrons. The van der Waals surface area contributed by atoms with Crippen LogP contribution in [0.1, 0.15) is 32.3 Å². The lowest BCUT2D eigenvalue weighted by atomic mass is 10.1. The molecule has 2 N–H and O–H groups in total. The summed E-state index contributed by atoms with van der Waals surface area (Å²) in [5.41, 5.74) is 7.16. The van der Waals surface area contributed by atoms with Gasteiger partial charge in [-0.15, -0.1) is 0 Å². The SMILES string of the molecule is COC(C)(C)CCOC(=O)CCc1ccc(N)cc1. The second-order valence-electron chi connectivity index (χ2n) is 5.18. The lowest BCUT2D eigenvalue weighted by Crippen LogP contribution is -2.25. The summed E-state index contributed by atoms with van der Waals surface area (Å²) in [5, 5.41) is 0. The van der Waals surface area contributed by atoms with E-state index >= 15 is 0 Å². The zero-order chi connectivity index (χ0) is 14.3. The highest BCUT2D eigenvalue weighted by Crippen LogP contribution is 2.13. The number of carbonyl (C=O) groups is 1. The molecule has 19 heavy (non-hydrogen) atoms. The molecular weight excluding hydrogens is 242 g/mol. The van der Waals surface area contributed by atoms with Gasteiger partial charge in [0.15, 0.2) is 0 Å². The van der Waals surface area contributed by atoms with E-state index in [4.69, 9.17) is 15.2 Å². The van der Waals surface area contributed by atoms with Gasteiger partial charge in [-0.2, -0.15) is 0 Å². The van der Waals surface area contributed by atoms with E-state index in [0.717, 1.165) is 11.3 Å². The Balaban J connectivity index is 2.23. The van der Waals surface area contributed by atoms with Gasteiger partial charge in [0.2, 0.25) is 0 Å². The van der Waals surface area contributed by atoms with Crippen LogP contribution in [0.2, 0.25) is 0 Å². The quantitative estimate of drug-likeness (QED) is 0.608. The third-order valence-electron chi connectivity index (χ3n) is 3.12. The van der Waals surface area contributed by atoms with Gasteiger partial charge in [-0.1, -0.05) is 12.1 Å². The second-order valence-corrected chi connectivity index (χ2v) is 5.18. The van der Waals surface area contributed by atoms with Gasteiger partial charge in [0.25, 0.3) is 0 Å². The minimum atomic E-state index is -0.253. The summed E-state index contributed by atoms with van der Waals surface area (Å²) in [7, 11) is 1.66. The van der Waals surface area contributed by atoms with Gasteiger partial charge in [-0.3, -0.25) is 4.79 Å². The van der Waals surface area contributed by atoms with Crippen molar-refractivity contribution in [2.45, 2.75) is 38.7 Å². The van der Waals surface area contributed by atoms with Crippen molar-refractivity contribution in [3.63, 3.8) is 0 Å². The van der Waals surface area contributed by atoms with Crippen LogP contribution in [0.3, 0.4) is 0 Å². The molecular formula is C15H23NO3. The highest BCUT2D eigenvalue weighted by atomic mass is 16.5. The molecule has 0 atom stereocenters. The van der Waals surface area contributed by atoms with Crippen LogP contribution in [-0.4, -0.2) is 25.3 Å². The third-order valence-corrected chi connectivity index (χ3v) is 3.12. The van der Waals surface area contributed by atoms with Crippen LogP contribution in [0, 0.1) is 0 Å². The van der Waals surface area contributed by atoms with E-state index in [2.05, 4.69) is 0 Å². The molecule has 0 bridgehead atoms. The van der Waals surface area contributed by atoms with Crippen molar-refractivity contribution in [2.75, 3.05) is 19.5 Å². The van der Waals surface area contributed by atoms with Crippen molar-refractivity contribution in [2.24, 2.45) is 0 Å². The summed E-state index contributed by atoms with van der Waals surface area (Å²) < 4.78 is 10.4. The maximum Gasteiger partial charge on any atom is 0.306 e. The molecule has 0 heterocycles. The number of rotatable bonds is 7. The van der Waals surface area contributed by atoms with Crippen LogP contribution in [0.15, 0.2) is 24.3 Å². The molecule has 4 heteroatoms. The Morgan fingerprint density at radius 2 is 1.89 bits per heavy atom. The smallest absolute Gasteiger partial charge is 0.306 e. The molecule has 0 spiro atoms. The maximum absolute atomic E-state index is 11.6. The number of nitrogens with two attached hydrogens (primary N) is 1. The molecule has 0 aliphatic heterocycles. The van der Waals surface area contributed by atoms with Crippen LogP contribution in [0.25, 0.3) is 0 Å². The van der Waals surface area contributed by atoms with Crippen molar-refractivity contribution in [1.82, 2.24) is 0 Å². The standard InChI is InChI=1S/C15H23NO3/c1-15(2,18-3)10-11-19-14(17)9-6-12-4-7-13(16)8-5-12/h4-5,7-8H,6,9-11,16H2,1-3H3. The van der Waals surface area contributed by atoms with E-state index in [-0.39, 0.29) is 11.6 Å². The predicted octanol–water partition coefficient (Wildman–Crippen LogP) is 2.56. The fourth-order valence-electron chi connectivity index (χ4n) is 1.52. The molecule has 0 unspecified atom stereocenters. The van der Waals surface area contributed by atoms with Crippen molar-refractivity contribution >= 4 is 11.7 Å². The van der Waals surface area contributed by atoms with Crippen molar-refractivity contribution in [3.05, 3.63) is 29.8 Å². The summed E-state index contributed by atoms with van der Waals surface area (Å²) in [6, 6.07) is 7.52. The molecule has 0 aliphatic rings. The van der Waals surface area contributed by atoms with Gasteiger partial charge in [0.05, 0.1) is 12.2 Å². The zero-order valence-corrected chi connectivity index (χ0v) is 11.9. The largest absolute Gasteiger partial charge is 0.466 e. The number of hydrogen-bond donors (Lipinski definition) is 1. The van der Waals surface area contributed by atoms with Crippen LogP contribution in [0.5, 0.6) is 0 Å². The molecule has 106 valence electrons. The van der Waals surface area contributed by atoms with E-state index in [9.17, 15) is 4.79 Å². The fraction of sp³-hybridized carbons (Fsp3) is 0.533.